The van der Waals surface area contributed by atoms with Crippen molar-refractivity contribution in [2.75, 3.05) is 20.0 Å². The van der Waals surface area contributed by atoms with Crippen LogP contribution in [0.15, 0.2) is 12.1 Å². The fourth-order valence-electron chi connectivity index (χ4n) is 2.49. The molecule has 1 heterocycles. The van der Waals surface area contributed by atoms with Gasteiger partial charge < -0.3 is 15.2 Å². The number of nitrogens with zero attached hydrogens (tertiary/aromatic N) is 1. The van der Waals surface area contributed by atoms with E-state index in [0.29, 0.717) is 0 Å². The number of pyridine rings is 1. The first-order valence-electron chi connectivity index (χ1n) is 7.64. The normalized spacial score (nSPS) is 11.4. The minimum absolute atomic E-state index is 0.258. The number of ether oxygens (including phenoxy) is 2. The van der Waals surface area contributed by atoms with Crippen LogP contribution in [0.3, 0.4) is 0 Å². The molecule has 2 rings (SSSR count). The Labute approximate surface area is 150 Å². The van der Waals surface area contributed by atoms with Crippen LogP contribution >= 0.6 is 0 Å². The second-order valence-electron chi connectivity index (χ2n) is 6.62. The highest BCUT2D eigenvalue weighted by atomic mass is 28.3. The summed E-state index contributed by atoms with van der Waals surface area (Å²) in [6.07, 6.45) is 0. The van der Waals surface area contributed by atoms with Crippen LogP contribution < -0.4 is 15.7 Å². The fraction of sp³-hybridized carbons (Fsp3) is 0.294. The van der Waals surface area contributed by atoms with Gasteiger partial charge in [-0.2, -0.15) is 0 Å². The van der Waals surface area contributed by atoms with E-state index in [0.717, 1.165) is 19.2 Å². The van der Waals surface area contributed by atoms with Gasteiger partial charge in [0.2, 0.25) is 0 Å². The highest BCUT2D eigenvalue weighted by Crippen LogP contribution is 2.35. The first-order chi connectivity index (χ1) is 12.0. The third-order valence-corrected chi connectivity index (χ3v) is 5.83. The van der Waals surface area contributed by atoms with Crippen molar-refractivity contribution >= 4 is 24.9 Å². The van der Waals surface area contributed by atoms with Crippen molar-refractivity contribution in [3.05, 3.63) is 35.3 Å². The molecule has 0 fully saturated rings. The van der Waals surface area contributed by atoms with Gasteiger partial charge in [0.25, 0.3) is 0 Å². The molecule has 0 aliphatic heterocycles. The van der Waals surface area contributed by atoms with Crippen LogP contribution in [0.4, 0.5) is 18.9 Å². The monoisotopic (exact) mass is 384 g/mol. The highest BCUT2D eigenvalue weighted by molar-refractivity contribution is 6.88. The molecule has 1 aromatic carbocycles. The topological polar surface area (TPSA) is 74.4 Å². The van der Waals surface area contributed by atoms with Gasteiger partial charge in [0.15, 0.2) is 17.3 Å². The van der Waals surface area contributed by atoms with Crippen LogP contribution in [0.1, 0.15) is 10.5 Å². The molecule has 0 amide bonds. The van der Waals surface area contributed by atoms with Crippen LogP contribution in [-0.2, 0) is 4.74 Å². The molecule has 1 aromatic heterocycles. The maximum atomic E-state index is 14.6. The zero-order valence-corrected chi connectivity index (χ0v) is 16.0. The summed E-state index contributed by atoms with van der Waals surface area (Å²) in [4.78, 5) is 15.7. The number of hydrogen-bond acceptors (Lipinski definition) is 5. The molecular weight excluding hydrogens is 365 g/mol. The molecule has 0 aliphatic carbocycles. The number of benzene rings is 1. The van der Waals surface area contributed by atoms with Gasteiger partial charge >= 0.3 is 5.97 Å². The third-order valence-electron chi connectivity index (χ3n) is 3.83. The van der Waals surface area contributed by atoms with Gasteiger partial charge in [-0.05, 0) is 17.3 Å². The summed E-state index contributed by atoms with van der Waals surface area (Å²) in [7, 11) is 0.103. The number of aromatic nitrogens is 1. The zero-order chi connectivity index (χ0) is 19.8. The largest absolute Gasteiger partial charge is 0.492 e. The van der Waals surface area contributed by atoms with E-state index in [-0.39, 0.29) is 10.9 Å². The summed E-state index contributed by atoms with van der Waals surface area (Å²) < 4.78 is 53.2. The van der Waals surface area contributed by atoms with Gasteiger partial charge in [-0.3, -0.25) is 0 Å². The van der Waals surface area contributed by atoms with E-state index in [4.69, 9.17) is 10.5 Å². The molecule has 0 spiro atoms. The Morgan fingerprint density at radius 1 is 1.12 bits per heavy atom. The Balaban J connectivity index is 2.79. The second kappa shape index (κ2) is 6.98. The molecule has 0 unspecified atom stereocenters. The van der Waals surface area contributed by atoms with Crippen molar-refractivity contribution in [3.8, 4) is 17.0 Å². The summed E-state index contributed by atoms with van der Waals surface area (Å²) in [6, 6.07) is 1.90. The maximum Gasteiger partial charge on any atom is 0.360 e. The summed E-state index contributed by atoms with van der Waals surface area (Å²) in [5, 5.41) is 0.258. The number of anilines is 1. The van der Waals surface area contributed by atoms with Crippen LogP contribution in [0.2, 0.25) is 19.6 Å². The fourth-order valence-corrected chi connectivity index (χ4v) is 3.84. The molecule has 0 aliphatic rings. The Morgan fingerprint density at radius 3 is 2.23 bits per heavy atom. The van der Waals surface area contributed by atoms with E-state index in [1.807, 2.05) is 19.6 Å². The standard InChI is InChI=1S/C17H19F3N2O3Si/c1-24-16-13(21)12(20)14(22-15(16)17(23)25-2)8-6-10(19)11(7-9(8)18)26(3,4)5/h6-7H,1-5H3,(H2,21,22). The summed E-state index contributed by atoms with van der Waals surface area (Å²) in [6.45, 7) is 5.55. The number of hydrogen-bond donors (Lipinski definition) is 1. The van der Waals surface area contributed by atoms with Gasteiger partial charge in [0, 0.05) is 5.56 Å². The molecule has 0 saturated heterocycles. The van der Waals surface area contributed by atoms with Gasteiger partial charge in [-0.1, -0.05) is 19.6 Å². The number of esters is 1. The number of methoxy groups -OCH3 is 2. The van der Waals surface area contributed by atoms with Crippen LogP contribution in [-0.4, -0.2) is 33.2 Å². The van der Waals surface area contributed by atoms with Crippen molar-refractivity contribution in [1.29, 1.82) is 0 Å². The Morgan fingerprint density at radius 2 is 1.73 bits per heavy atom. The second-order valence-corrected chi connectivity index (χ2v) is 11.7. The molecule has 5 nitrogen and oxygen atoms in total. The van der Waals surface area contributed by atoms with E-state index >= 15 is 0 Å². The molecule has 26 heavy (non-hydrogen) atoms. The number of nitrogen functional groups attached to an aromatic ring is 1. The number of halogens is 3. The molecule has 140 valence electrons. The lowest BCUT2D eigenvalue weighted by Crippen LogP contribution is -2.40. The number of rotatable bonds is 4. The summed E-state index contributed by atoms with van der Waals surface area (Å²) >= 11 is 0. The van der Waals surface area contributed by atoms with E-state index < -0.39 is 54.1 Å². The summed E-state index contributed by atoms with van der Waals surface area (Å²) in [5.41, 5.74) is 3.64. The molecule has 0 saturated carbocycles. The van der Waals surface area contributed by atoms with Crippen molar-refractivity contribution in [1.82, 2.24) is 4.98 Å². The van der Waals surface area contributed by atoms with Crippen molar-refractivity contribution < 1.29 is 27.4 Å². The zero-order valence-electron chi connectivity index (χ0n) is 15.0. The minimum Gasteiger partial charge on any atom is -0.492 e. The predicted octanol–water partition coefficient (Wildman–Crippen LogP) is 3.09. The van der Waals surface area contributed by atoms with E-state index in [1.165, 1.54) is 7.11 Å². The number of carbonyl (C=O) groups is 1. The van der Waals surface area contributed by atoms with Crippen LogP contribution in [0.25, 0.3) is 11.3 Å². The highest BCUT2D eigenvalue weighted by Gasteiger charge is 2.28. The molecule has 9 heteroatoms. The Kier molecular flexibility index (Phi) is 5.31. The first-order valence-corrected chi connectivity index (χ1v) is 11.1. The molecule has 2 N–H and O–H groups in total. The predicted molar refractivity (Wildman–Crippen MR) is 94.8 cm³/mol. The van der Waals surface area contributed by atoms with E-state index in [9.17, 15) is 18.0 Å². The first kappa shape index (κ1) is 19.8. The average molecular weight is 384 g/mol. The SMILES string of the molecule is COC(=O)c1nc(-c2cc(F)c([Si](C)(C)C)cc2F)c(F)c(N)c1OC. The smallest absolute Gasteiger partial charge is 0.360 e. The molecule has 0 bridgehead atoms. The molecule has 0 atom stereocenters. The van der Waals surface area contributed by atoms with Crippen molar-refractivity contribution in [2.45, 2.75) is 19.6 Å². The lowest BCUT2D eigenvalue weighted by atomic mass is 10.1. The molecular formula is C17H19F3N2O3Si. The number of carbonyl (C=O) groups excluding carboxylic acids is 1. The number of nitrogens with two attached hydrogens (primary N) is 1. The maximum absolute atomic E-state index is 14.6. The van der Waals surface area contributed by atoms with Gasteiger partial charge in [-0.25, -0.2) is 22.9 Å². The van der Waals surface area contributed by atoms with Gasteiger partial charge in [0.05, 0.1) is 22.3 Å². The Hall–Kier alpha value is -2.55. The molecule has 2 aromatic rings. The Bertz CT molecular complexity index is 883. The lowest BCUT2D eigenvalue weighted by Gasteiger charge is -2.19. The molecule has 0 radical (unpaired) electrons. The van der Waals surface area contributed by atoms with Gasteiger partial charge in [-0.15, -0.1) is 0 Å². The van der Waals surface area contributed by atoms with E-state index in [1.54, 1.807) is 0 Å². The van der Waals surface area contributed by atoms with E-state index in [2.05, 4.69) is 9.72 Å². The minimum atomic E-state index is -2.15. The lowest BCUT2D eigenvalue weighted by molar-refractivity contribution is 0.0590. The van der Waals surface area contributed by atoms with Crippen molar-refractivity contribution in [3.63, 3.8) is 0 Å². The average Bonchev–Trinajstić information content (AvgIpc) is 2.57. The van der Waals surface area contributed by atoms with Crippen LogP contribution in [0, 0.1) is 17.5 Å². The van der Waals surface area contributed by atoms with Gasteiger partial charge in [0.1, 0.15) is 23.0 Å². The van der Waals surface area contributed by atoms with Crippen molar-refractivity contribution in [2.24, 2.45) is 0 Å². The third kappa shape index (κ3) is 3.39. The quantitative estimate of drug-likeness (QED) is 0.648. The van der Waals surface area contributed by atoms with Crippen LogP contribution in [0.5, 0.6) is 5.75 Å². The summed E-state index contributed by atoms with van der Waals surface area (Å²) in [5.74, 6) is -3.94.